The van der Waals surface area contributed by atoms with E-state index in [9.17, 15) is 9.59 Å². The predicted octanol–water partition coefficient (Wildman–Crippen LogP) is 4.89. The second kappa shape index (κ2) is 11.3. The molecule has 0 saturated heterocycles. The standard InChI is InChI=1S/C24H25BrN4O2/c1-18-5-2-3-7-20(18)17-29(16-19-6-4-13-26-15-19)23(30)12-14-27-24(31)28-22-10-8-21(25)9-11-22/h2-11,13,15H,12,14,16-17H2,1H3,(H2,27,28,31). The van der Waals surface area contributed by atoms with Crippen LogP contribution < -0.4 is 10.6 Å². The molecule has 0 radical (unpaired) electrons. The lowest BCUT2D eigenvalue weighted by Gasteiger charge is -2.24. The Morgan fingerprint density at radius 3 is 2.48 bits per heavy atom. The summed E-state index contributed by atoms with van der Waals surface area (Å²) in [5.74, 6) is -0.0314. The SMILES string of the molecule is Cc1ccccc1CN(Cc1cccnc1)C(=O)CCNC(=O)Nc1ccc(Br)cc1. The molecule has 0 aliphatic rings. The molecule has 0 fully saturated rings. The van der Waals surface area contributed by atoms with Gasteiger partial charge in [0.1, 0.15) is 0 Å². The molecular formula is C24H25BrN4O2. The number of carbonyl (C=O) groups is 2. The molecule has 160 valence electrons. The number of nitrogens with one attached hydrogen (secondary N) is 2. The summed E-state index contributed by atoms with van der Waals surface area (Å²) in [5, 5.41) is 5.50. The van der Waals surface area contributed by atoms with Gasteiger partial charge in [0.25, 0.3) is 0 Å². The third-order valence-corrected chi connectivity index (χ3v) is 5.33. The van der Waals surface area contributed by atoms with Crippen LogP contribution in [0, 0.1) is 6.92 Å². The smallest absolute Gasteiger partial charge is 0.319 e. The topological polar surface area (TPSA) is 74.3 Å². The van der Waals surface area contributed by atoms with Gasteiger partial charge in [-0.3, -0.25) is 9.78 Å². The van der Waals surface area contributed by atoms with E-state index in [1.165, 1.54) is 0 Å². The van der Waals surface area contributed by atoms with Gasteiger partial charge in [0.2, 0.25) is 5.91 Å². The van der Waals surface area contributed by atoms with Gasteiger partial charge in [-0.05, 0) is 53.9 Å². The van der Waals surface area contributed by atoms with Crippen LogP contribution in [0.3, 0.4) is 0 Å². The second-order valence-electron chi connectivity index (χ2n) is 7.18. The van der Waals surface area contributed by atoms with Crippen LogP contribution in [0.2, 0.25) is 0 Å². The first kappa shape index (κ1) is 22.5. The Balaban J connectivity index is 1.57. The Labute approximate surface area is 190 Å². The largest absolute Gasteiger partial charge is 0.337 e. The van der Waals surface area contributed by atoms with E-state index in [1.807, 2.05) is 55.5 Å². The van der Waals surface area contributed by atoms with Crippen molar-refractivity contribution in [3.05, 3.63) is 94.2 Å². The van der Waals surface area contributed by atoms with Crippen molar-refractivity contribution in [3.63, 3.8) is 0 Å². The van der Waals surface area contributed by atoms with E-state index in [0.717, 1.165) is 21.2 Å². The maximum Gasteiger partial charge on any atom is 0.319 e. The number of anilines is 1. The van der Waals surface area contributed by atoms with Crippen LogP contribution in [0.5, 0.6) is 0 Å². The minimum Gasteiger partial charge on any atom is -0.337 e. The Hall–Kier alpha value is -3.19. The molecule has 3 aromatic rings. The Morgan fingerprint density at radius 2 is 1.77 bits per heavy atom. The molecule has 3 amide bonds. The van der Waals surface area contributed by atoms with Crippen LogP contribution in [-0.2, 0) is 17.9 Å². The first-order valence-electron chi connectivity index (χ1n) is 10.0. The van der Waals surface area contributed by atoms with Gasteiger partial charge in [0.05, 0.1) is 0 Å². The van der Waals surface area contributed by atoms with Crippen molar-refractivity contribution in [1.82, 2.24) is 15.2 Å². The molecular weight excluding hydrogens is 456 g/mol. The van der Waals surface area contributed by atoms with E-state index in [4.69, 9.17) is 0 Å². The molecule has 0 aliphatic heterocycles. The van der Waals surface area contributed by atoms with Crippen LogP contribution in [-0.4, -0.2) is 28.4 Å². The zero-order valence-electron chi connectivity index (χ0n) is 17.3. The quantitative estimate of drug-likeness (QED) is 0.481. The van der Waals surface area contributed by atoms with Gasteiger partial charge in [-0.15, -0.1) is 0 Å². The average Bonchev–Trinajstić information content (AvgIpc) is 2.77. The number of urea groups is 1. The first-order chi connectivity index (χ1) is 15.0. The van der Waals surface area contributed by atoms with Gasteiger partial charge in [-0.2, -0.15) is 0 Å². The third-order valence-electron chi connectivity index (χ3n) is 4.80. The van der Waals surface area contributed by atoms with E-state index >= 15 is 0 Å². The molecule has 2 N–H and O–H groups in total. The maximum atomic E-state index is 13.0. The number of hydrogen-bond donors (Lipinski definition) is 2. The van der Waals surface area contributed by atoms with Crippen molar-refractivity contribution < 1.29 is 9.59 Å². The number of hydrogen-bond acceptors (Lipinski definition) is 3. The van der Waals surface area contributed by atoms with Crippen molar-refractivity contribution in [1.29, 1.82) is 0 Å². The number of pyridine rings is 1. The van der Waals surface area contributed by atoms with Gasteiger partial charge in [-0.1, -0.05) is 46.3 Å². The summed E-state index contributed by atoms with van der Waals surface area (Å²) in [7, 11) is 0. The van der Waals surface area contributed by atoms with E-state index in [-0.39, 0.29) is 24.9 Å². The van der Waals surface area contributed by atoms with Crippen LogP contribution in [0.1, 0.15) is 23.1 Å². The highest BCUT2D eigenvalue weighted by Crippen LogP contribution is 2.15. The van der Waals surface area contributed by atoms with Crippen LogP contribution in [0.4, 0.5) is 10.5 Å². The molecule has 0 saturated carbocycles. The van der Waals surface area contributed by atoms with E-state index < -0.39 is 0 Å². The lowest BCUT2D eigenvalue weighted by Crippen LogP contribution is -2.35. The Kier molecular flexibility index (Phi) is 8.18. The number of benzene rings is 2. The minimum absolute atomic E-state index is 0.0314. The number of nitrogens with zero attached hydrogens (tertiary/aromatic N) is 2. The van der Waals surface area contributed by atoms with E-state index in [0.29, 0.717) is 18.8 Å². The zero-order chi connectivity index (χ0) is 22.1. The van der Waals surface area contributed by atoms with Crippen LogP contribution in [0.25, 0.3) is 0 Å². The van der Waals surface area contributed by atoms with Crippen LogP contribution in [0.15, 0.2) is 77.5 Å². The molecule has 0 bridgehead atoms. The fraction of sp³-hybridized carbons (Fsp3) is 0.208. The molecule has 0 aliphatic carbocycles. The normalized spacial score (nSPS) is 10.4. The molecule has 1 aromatic heterocycles. The van der Waals surface area contributed by atoms with Gasteiger partial charge < -0.3 is 15.5 Å². The molecule has 0 unspecified atom stereocenters. The summed E-state index contributed by atoms with van der Waals surface area (Å²) in [6.45, 7) is 3.26. The number of rotatable bonds is 8. The highest BCUT2D eigenvalue weighted by molar-refractivity contribution is 9.10. The number of aromatic nitrogens is 1. The highest BCUT2D eigenvalue weighted by Gasteiger charge is 2.16. The predicted molar refractivity (Wildman–Crippen MR) is 125 cm³/mol. The van der Waals surface area contributed by atoms with Crippen molar-refractivity contribution in [2.45, 2.75) is 26.4 Å². The minimum atomic E-state index is -0.340. The number of aryl methyl sites for hydroxylation is 1. The third kappa shape index (κ3) is 7.22. The fourth-order valence-corrected chi connectivity index (χ4v) is 3.35. The lowest BCUT2D eigenvalue weighted by molar-refractivity contribution is -0.132. The summed E-state index contributed by atoms with van der Waals surface area (Å²) < 4.78 is 0.936. The molecule has 6 nitrogen and oxygen atoms in total. The number of amides is 3. The highest BCUT2D eigenvalue weighted by atomic mass is 79.9. The van der Waals surface area contributed by atoms with Gasteiger partial charge in [-0.25, -0.2) is 4.79 Å². The Bertz CT molecular complexity index is 1010. The molecule has 31 heavy (non-hydrogen) atoms. The molecule has 3 rings (SSSR count). The molecule has 1 heterocycles. The molecule has 0 atom stereocenters. The van der Waals surface area contributed by atoms with E-state index in [1.54, 1.807) is 29.4 Å². The summed E-state index contributed by atoms with van der Waals surface area (Å²) in [6.07, 6.45) is 3.69. The Morgan fingerprint density at radius 1 is 1.00 bits per heavy atom. The van der Waals surface area contributed by atoms with Crippen molar-refractivity contribution in [3.8, 4) is 0 Å². The summed E-state index contributed by atoms with van der Waals surface area (Å²) in [6, 6.07) is 18.8. The number of halogens is 1. The van der Waals surface area contributed by atoms with Crippen molar-refractivity contribution >= 4 is 33.6 Å². The summed E-state index contributed by atoms with van der Waals surface area (Å²) in [4.78, 5) is 31.0. The van der Waals surface area contributed by atoms with Gasteiger partial charge >= 0.3 is 6.03 Å². The maximum absolute atomic E-state index is 13.0. The van der Waals surface area contributed by atoms with Gasteiger partial charge in [0, 0.05) is 48.6 Å². The lowest BCUT2D eigenvalue weighted by atomic mass is 10.1. The zero-order valence-corrected chi connectivity index (χ0v) is 18.9. The fourth-order valence-electron chi connectivity index (χ4n) is 3.09. The monoisotopic (exact) mass is 480 g/mol. The van der Waals surface area contributed by atoms with Crippen molar-refractivity contribution in [2.24, 2.45) is 0 Å². The number of carbonyl (C=O) groups excluding carboxylic acids is 2. The van der Waals surface area contributed by atoms with Gasteiger partial charge in [0.15, 0.2) is 0 Å². The summed E-state index contributed by atoms with van der Waals surface area (Å²) in [5.41, 5.74) is 3.88. The second-order valence-corrected chi connectivity index (χ2v) is 8.09. The van der Waals surface area contributed by atoms with E-state index in [2.05, 4.69) is 31.5 Å². The molecule has 0 spiro atoms. The molecule has 2 aromatic carbocycles. The summed E-state index contributed by atoms with van der Waals surface area (Å²) >= 11 is 3.36. The molecule has 7 heteroatoms. The average molecular weight is 481 g/mol. The van der Waals surface area contributed by atoms with Crippen molar-refractivity contribution in [2.75, 3.05) is 11.9 Å². The van der Waals surface area contributed by atoms with Crippen LogP contribution >= 0.6 is 15.9 Å². The first-order valence-corrected chi connectivity index (χ1v) is 10.8.